The van der Waals surface area contributed by atoms with E-state index in [1.165, 1.54) is 13.8 Å². The maximum Gasteiger partial charge on any atom is 0.161 e. The van der Waals surface area contributed by atoms with Gasteiger partial charge in [0.2, 0.25) is 0 Å². The van der Waals surface area contributed by atoms with Gasteiger partial charge in [0.05, 0.1) is 10.0 Å². The van der Waals surface area contributed by atoms with Gasteiger partial charge in [0.1, 0.15) is 0 Å². The number of carbonyl (C=O) groups excluding carboxylic acids is 2. The van der Waals surface area contributed by atoms with Crippen molar-refractivity contribution in [3.63, 3.8) is 0 Å². The molecule has 0 amide bonds. The summed E-state index contributed by atoms with van der Waals surface area (Å²) in [7, 11) is 0. The van der Waals surface area contributed by atoms with Crippen molar-refractivity contribution in [3.8, 4) is 0 Å². The first kappa shape index (κ1) is 13.1. The van der Waals surface area contributed by atoms with Crippen molar-refractivity contribution in [2.75, 3.05) is 0 Å². The van der Waals surface area contributed by atoms with Crippen LogP contribution in [0.5, 0.6) is 0 Å². The van der Waals surface area contributed by atoms with Crippen LogP contribution in [0.3, 0.4) is 0 Å². The van der Waals surface area contributed by atoms with Gasteiger partial charge in [-0.1, -0.05) is 35.3 Å². The summed E-state index contributed by atoms with van der Waals surface area (Å²) >= 11 is 12.1. The zero-order chi connectivity index (χ0) is 13.4. The highest BCUT2D eigenvalue weighted by molar-refractivity contribution is 6.38. The third-order valence-electron chi connectivity index (χ3n) is 2.80. The number of rotatable bonds is 2. The number of benzene rings is 2. The summed E-state index contributed by atoms with van der Waals surface area (Å²) in [6.07, 6.45) is 0. The SMILES string of the molecule is CC(=O)c1c(Cl)ccc2c(C(C)=O)c(Cl)ccc12. The van der Waals surface area contributed by atoms with Gasteiger partial charge in [-0.25, -0.2) is 0 Å². The Labute approximate surface area is 115 Å². The van der Waals surface area contributed by atoms with Gasteiger partial charge in [-0.05, 0) is 36.8 Å². The normalized spacial score (nSPS) is 10.7. The van der Waals surface area contributed by atoms with Gasteiger partial charge in [-0.3, -0.25) is 9.59 Å². The molecule has 4 heteroatoms. The molecule has 2 aromatic rings. The minimum absolute atomic E-state index is 0.137. The Balaban J connectivity index is 2.98. The summed E-state index contributed by atoms with van der Waals surface area (Å²) < 4.78 is 0. The average Bonchev–Trinajstić information content (AvgIpc) is 2.27. The summed E-state index contributed by atoms with van der Waals surface area (Å²) in [5.74, 6) is -0.273. The van der Waals surface area contributed by atoms with Crippen molar-refractivity contribution in [3.05, 3.63) is 45.4 Å². The highest BCUT2D eigenvalue weighted by atomic mass is 35.5. The van der Waals surface area contributed by atoms with Gasteiger partial charge >= 0.3 is 0 Å². The molecule has 0 N–H and O–H groups in total. The van der Waals surface area contributed by atoms with Crippen molar-refractivity contribution in [1.29, 1.82) is 0 Å². The molecule has 0 spiro atoms. The Bertz CT molecular complexity index is 616. The first-order chi connectivity index (χ1) is 8.43. The molecule has 0 fully saturated rings. The minimum atomic E-state index is -0.137. The number of Topliss-reactive ketones (excluding diaryl/α,β-unsaturated/α-hetero) is 2. The van der Waals surface area contributed by atoms with Crippen LogP contribution in [0.2, 0.25) is 10.0 Å². The van der Waals surface area contributed by atoms with Gasteiger partial charge < -0.3 is 0 Å². The fourth-order valence-electron chi connectivity index (χ4n) is 2.07. The van der Waals surface area contributed by atoms with Crippen LogP contribution in [0.1, 0.15) is 34.6 Å². The second-order valence-electron chi connectivity index (χ2n) is 4.05. The second-order valence-corrected chi connectivity index (χ2v) is 4.87. The number of ketones is 2. The predicted octanol–water partition coefficient (Wildman–Crippen LogP) is 4.55. The van der Waals surface area contributed by atoms with E-state index in [0.29, 0.717) is 31.9 Å². The van der Waals surface area contributed by atoms with E-state index >= 15 is 0 Å². The lowest BCUT2D eigenvalue weighted by Crippen LogP contribution is -2.00. The van der Waals surface area contributed by atoms with Gasteiger partial charge in [-0.2, -0.15) is 0 Å². The molecule has 0 aliphatic rings. The summed E-state index contributed by atoms with van der Waals surface area (Å²) in [5.41, 5.74) is 0.849. The second kappa shape index (κ2) is 4.71. The lowest BCUT2D eigenvalue weighted by molar-refractivity contribution is 0.100. The fraction of sp³-hybridized carbons (Fsp3) is 0.143. The van der Waals surface area contributed by atoms with Crippen molar-refractivity contribution in [1.82, 2.24) is 0 Å². The minimum Gasteiger partial charge on any atom is -0.294 e. The van der Waals surface area contributed by atoms with Crippen molar-refractivity contribution >= 4 is 45.5 Å². The predicted molar refractivity (Wildman–Crippen MR) is 74.0 cm³/mol. The molecular weight excluding hydrogens is 271 g/mol. The summed E-state index contributed by atoms with van der Waals surface area (Å²) in [4.78, 5) is 23.3. The molecule has 0 radical (unpaired) electrons. The highest BCUT2D eigenvalue weighted by Gasteiger charge is 2.16. The van der Waals surface area contributed by atoms with Crippen molar-refractivity contribution in [2.45, 2.75) is 13.8 Å². The number of carbonyl (C=O) groups is 2. The molecule has 0 bridgehead atoms. The molecular formula is C14H10Cl2O2. The Kier molecular flexibility index (Phi) is 3.42. The van der Waals surface area contributed by atoms with Gasteiger partial charge in [0.25, 0.3) is 0 Å². The average molecular weight is 281 g/mol. The molecule has 0 heterocycles. The third-order valence-corrected chi connectivity index (χ3v) is 3.43. The van der Waals surface area contributed by atoms with Crippen LogP contribution < -0.4 is 0 Å². The number of fused-ring (bicyclic) bond motifs is 1. The van der Waals surface area contributed by atoms with Crippen LogP contribution in [0.15, 0.2) is 24.3 Å². The largest absolute Gasteiger partial charge is 0.294 e. The molecule has 92 valence electrons. The van der Waals surface area contributed by atoms with Crippen molar-refractivity contribution < 1.29 is 9.59 Å². The lowest BCUT2D eigenvalue weighted by Gasteiger charge is -2.10. The molecule has 2 rings (SSSR count). The van der Waals surface area contributed by atoms with Crippen LogP contribution in [-0.2, 0) is 0 Å². The maximum atomic E-state index is 11.6. The lowest BCUT2D eigenvalue weighted by atomic mass is 9.96. The molecule has 0 aliphatic carbocycles. The van der Waals surface area contributed by atoms with E-state index in [1.807, 2.05) is 0 Å². The summed E-state index contributed by atoms with van der Waals surface area (Å²) in [5, 5.41) is 2.08. The Morgan fingerprint density at radius 2 is 1.11 bits per heavy atom. The van der Waals surface area contributed by atoms with E-state index in [0.717, 1.165) is 0 Å². The van der Waals surface area contributed by atoms with Gasteiger partial charge in [0.15, 0.2) is 11.6 Å². The molecule has 0 unspecified atom stereocenters. The Morgan fingerprint density at radius 3 is 1.39 bits per heavy atom. The smallest absolute Gasteiger partial charge is 0.161 e. The topological polar surface area (TPSA) is 34.1 Å². The first-order valence-electron chi connectivity index (χ1n) is 5.36. The van der Waals surface area contributed by atoms with E-state index in [2.05, 4.69) is 0 Å². The van der Waals surface area contributed by atoms with E-state index in [-0.39, 0.29) is 11.6 Å². The van der Waals surface area contributed by atoms with E-state index < -0.39 is 0 Å². The molecule has 0 atom stereocenters. The van der Waals surface area contributed by atoms with Crippen LogP contribution >= 0.6 is 23.2 Å². The molecule has 0 aliphatic heterocycles. The maximum absolute atomic E-state index is 11.6. The fourth-order valence-corrected chi connectivity index (χ4v) is 2.66. The Hall–Kier alpha value is -1.38. The molecule has 2 aromatic carbocycles. The summed E-state index contributed by atoms with van der Waals surface area (Å²) in [6.45, 7) is 2.89. The van der Waals surface area contributed by atoms with Crippen molar-refractivity contribution in [2.24, 2.45) is 0 Å². The number of hydrogen-bond donors (Lipinski definition) is 0. The van der Waals surface area contributed by atoms with Crippen LogP contribution in [-0.4, -0.2) is 11.6 Å². The molecule has 0 saturated carbocycles. The van der Waals surface area contributed by atoms with E-state index in [1.54, 1.807) is 24.3 Å². The molecule has 0 saturated heterocycles. The molecule has 2 nitrogen and oxygen atoms in total. The molecule has 18 heavy (non-hydrogen) atoms. The highest BCUT2D eigenvalue weighted by Crippen LogP contribution is 2.32. The number of halogens is 2. The van der Waals surface area contributed by atoms with Gasteiger partial charge in [-0.15, -0.1) is 0 Å². The van der Waals surface area contributed by atoms with Crippen LogP contribution in [0.4, 0.5) is 0 Å². The zero-order valence-corrected chi connectivity index (χ0v) is 11.4. The summed E-state index contributed by atoms with van der Waals surface area (Å²) in [6, 6.07) is 6.66. The standard InChI is InChI=1S/C14H10Cl2O2/c1-7(17)13-9-3-6-12(16)14(8(2)18)10(9)4-5-11(13)15/h3-6H,1-2H3. The first-order valence-corrected chi connectivity index (χ1v) is 6.11. The monoisotopic (exact) mass is 280 g/mol. The molecule has 0 aromatic heterocycles. The zero-order valence-electron chi connectivity index (χ0n) is 9.88. The number of hydrogen-bond acceptors (Lipinski definition) is 2. The van der Waals surface area contributed by atoms with E-state index in [4.69, 9.17) is 23.2 Å². The van der Waals surface area contributed by atoms with Gasteiger partial charge in [0, 0.05) is 11.1 Å². The van der Waals surface area contributed by atoms with Crippen LogP contribution in [0, 0.1) is 0 Å². The third kappa shape index (κ3) is 2.02. The van der Waals surface area contributed by atoms with Crippen LogP contribution in [0.25, 0.3) is 10.8 Å². The van der Waals surface area contributed by atoms with E-state index in [9.17, 15) is 9.59 Å². The quantitative estimate of drug-likeness (QED) is 0.756. The Morgan fingerprint density at radius 1 is 0.778 bits per heavy atom.